The molecule has 23 heavy (non-hydrogen) atoms. The van der Waals surface area contributed by atoms with Crippen LogP contribution in [0.15, 0.2) is 48.8 Å². The first-order chi connectivity index (χ1) is 11.1. The van der Waals surface area contributed by atoms with Gasteiger partial charge in [0.05, 0.1) is 20.3 Å². The van der Waals surface area contributed by atoms with Crippen molar-refractivity contribution in [1.82, 2.24) is 10.3 Å². The number of rotatable bonds is 6. The number of benzene rings is 1. The van der Waals surface area contributed by atoms with E-state index in [1.165, 1.54) is 6.08 Å². The number of hydrogen-bond donors (Lipinski definition) is 1. The number of aromatic nitrogens is 1. The van der Waals surface area contributed by atoms with Crippen molar-refractivity contribution in [2.24, 2.45) is 0 Å². The van der Waals surface area contributed by atoms with Gasteiger partial charge in [-0.1, -0.05) is 6.07 Å². The zero-order valence-electron chi connectivity index (χ0n) is 13.4. The van der Waals surface area contributed by atoms with Crippen LogP contribution in [0.3, 0.4) is 0 Å². The number of amides is 1. The van der Waals surface area contributed by atoms with Crippen LogP contribution in [0.25, 0.3) is 6.08 Å². The van der Waals surface area contributed by atoms with Crippen LogP contribution >= 0.6 is 0 Å². The van der Waals surface area contributed by atoms with Gasteiger partial charge >= 0.3 is 0 Å². The molecule has 1 aromatic carbocycles. The number of carbonyl (C=O) groups is 1. The highest BCUT2D eigenvalue weighted by molar-refractivity contribution is 5.91. The van der Waals surface area contributed by atoms with Crippen molar-refractivity contribution < 1.29 is 14.3 Å². The lowest BCUT2D eigenvalue weighted by Crippen LogP contribution is -2.25. The number of nitrogens with one attached hydrogen (secondary N) is 1. The lowest BCUT2D eigenvalue weighted by Gasteiger charge is -2.17. The molecule has 0 fully saturated rings. The van der Waals surface area contributed by atoms with Crippen LogP contribution in [0.5, 0.6) is 11.5 Å². The van der Waals surface area contributed by atoms with Gasteiger partial charge in [0.1, 0.15) is 11.5 Å². The van der Waals surface area contributed by atoms with Gasteiger partial charge in [-0.2, -0.15) is 0 Å². The highest BCUT2D eigenvalue weighted by atomic mass is 16.5. The van der Waals surface area contributed by atoms with Gasteiger partial charge in [-0.25, -0.2) is 0 Å². The highest BCUT2D eigenvalue weighted by Crippen LogP contribution is 2.29. The van der Waals surface area contributed by atoms with E-state index >= 15 is 0 Å². The molecule has 0 radical (unpaired) electrons. The quantitative estimate of drug-likeness (QED) is 0.833. The lowest BCUT2D eigenvalue weighted by atomic mass is 10.1. The second-order valence-electron chi connectivity index (χ2n) is 4.96. The maximum absolute atomic E-state index is 12.1. The van der Waals surface area contributed by atoms with Crippen molar-refractivity contribution in [3.63, 3.8) is 0 Å². The van der Waals surface area contributed by atoms with E-state index in [0.29, 0.717) is 11.5 Å². The van der Waals surface area contributed by atoms with Crippen LogP contribution in [-0.4, -0.2) is 25.1 Å². The Bertz CT molecular complexity index is 684. The second kappa shape index (κ2) is 7.98. The van der Waals surface area contributed by atoms with Gasteiger partial charge in [0.2, 0.25) is 5.91 Å². The summed E-state index contributed by atoms with van der Waals surface area (Å²) in [4.78, 5) is 16.1. The van der Waals surface area contributed by atoms with Crippen LogP contribution in [0.1, 0.15) is 24.1 Å². The first-order valence-electron chi connectivity index (χ1n) is 7.24. The first kappa shape index (κ1) is 16.5. The molecule has 1 heterocycles. The number of ether oxygens (including phenoxy) is 2. The summed E-state index contributed by atoms with van der Waals surface area (Å²) in [5.74, 6) is 1.23. The number of pyridine rings is 1. The Balaban J connectivity index is 2.07. The predicted octanol–water partition coefficient (Wildman–Crippen LogP) is 2.99. The Labute approximate surface area is 136 Å². The van der Waals surface area contributed by atoms with Crippen LogP contribution in [0, 0.1) is 0 Å². The molecule has 0 saturated carbocycles. The van der Waals surface area contributed by atoms with Gasteiger partial charge in [-0.3, -0.25) is 9.78 Å². The molecule has 0 aliphatic carbocycles. The largest absolute Gasteiger partial charge is 0.497 e. The van der Waals surface area contributed by atoms with Crippen LogP contribution in [0.2, 0.25) is 0 Å². The van der Waals surface area contributed by atoms with Gasteiger partial charge in [0.15, 0.2) is 0 Å². The third kappa shape index (κ3) is 4.57. The van der Waals surface area contributed by atoms with Crippen molar-refractivity contribution in [2.75, 3.05) is 14.2 Å². The average Bonchev–Trinajstić information content (AvgIpc) is 2.60. The molecule has 0 saturated heterocycles. The third-order valence-electron chi connectivity index (χ3n) is 3.37. The molecule has 0 aliphatic rings. The van der Waals surface area contributed by atoms with E-state index in [-0.39, 0.29) is 11.9 Å². The Hall–Kier alpha value is -2.82. The summed E-state index contributed by atoms with van der Waals surface area (Å²) >= 11 is 0. The van der Waals surface area contributed by atoms with Crippen molar-refractivity contribution in [3.05, 3.63) is 59.9 Å². The summed E-state index contributed by atoms with van der Waals surface area (Å²) in [5.41, 5.74) is 1.73. The van der Waals surface area contributed by atoms with Crippen molar-refractivity contribution >= 4 is 12.0 Å². The molecule has 1 atom stereocenters. The fourth-order valence-corrected chi connectivity index (χ4v) is 2.16. The number of nitrogens with zero attached hydrogens (tertiary/aromatic N) is 1. The molecule has 0 bridgehead atoms. The molecule has 0 aliphatic heterocycles. The Kier molecular flexibility index (Phi) is 5.74. The molecular formula is C18H20N2O3. The van der Waals surface area contributed by atoms with Gasteiger partial charge in [-0.15, -0.1) is 0 Å². The topological polar surface area (TPSA) is 60.5 Å². The molecule has 1 unspecified atom stereocenters. The Morgan fingerprint density at radius 1 is 1.26 bits per heavy atom. The van der Waals surface area contributed by atoms with E-state index in [0.717, 1.165) is 11.1 Å². The Morgan fingerprint density at radius 3 is 2.74 bits per heavy atom. The molecular weight excluding hydrogens is 292 g/mol. The zero-order valence-corrected chi connectivity index (χ0v) is 13.4. The third-order valence-corrected chi connectivity index (χ3v) is 3.37. The molecule has 0 spiro atoms. The maximum atomic E-state index is 12.1. The Morgan fingerprint density at radius 2 is 2.09 bits per heavy atom. The van der Waals surface area contributed by atoms with E-state index in [2.05, 4.69) is 10.3 Å². The fraction of sp³-hybridized carbons (Fsp3) is 0.222. The van der Waals surface area contributed by atoms with Crippen LogP contribution < -0.4 is 14.8 Å². The molecule has 1 N–H and O–H groups in total. The van der Waals surface area contributed by atoms with Crippen molar-refractivity contribution in [3.8, 4) is 11.5 Å². The minimum atomic E-state index is -0.217. The van der Waals surface area contributed by atoms with Crippen LogP contribution in [0.4, 0.5) is 0 Å². The number of methoxy groups -OCH3 is 2. The van der Waals surface area contributed by atoms with Crippen LogP contribution in [-0.2, 0) is 4.79 Å². The van der Waals surface area contributed by atoms with Gasteiger partial charge in [0, 0.05) is 24.0 Å². The molecule has 1 amide bonds. The minimum Gasteiger partial charge on any atom is -0.497 e. The standard InChI is InChI=1S/C18H20N2O3/c1-13(16-11-15(22-2)7-8-17(16)23-3)20-18(21)9-6-14-5-4-10-19-12-14/h4-13H,1-3H3,(H,20,21)/b9-6+. The average molecular weight is 312 g/mol. The first-order valence-corrected chi connectivity index (χ1v) is 7.24. The zero-order chi connectivity index (χ0) is 16.7. The molecule has 5 nitrogen and oxygen atoms in total. The minimum absolute atomic E-state index is 0.189. The van der Waals surface area contributed by atoms with Crippen molar-refractivity contribution in [1.29, 1.82) is 0 Å². The summed E-state index contributed by atoms with van der Waals surface area (Å²) < 4.78 is 10.6. The van der Waals surface area contributed by atoms with E-state index in [9.17, 15) is 4.79 Å². The lowest BCUT2D eigenvalue weighted by molar-refractivity contribution is -0.117. The summed E-state index contributed by atoms with van der Waals surface area (Å²) in [6, 6.07) is 8.98. The monoisotopic (exact) mass is 312 g/mol. The molecule has 120 valence electrons. The number of carbonyl (C=O) groups excluding carboxylic acids is 1. The summed E-state index contributed by atoms with van der Waals surface area (Å²) in [5, 5.41) is 2.91. The molecule has 2 rings (SSSR count). The number of hydrogen-bond acceptors (Lipinski definition) is 4. The van der Waals surface area contributed by atoms with Crippen molar-refractivity contribution in [2.45, 2.75) is 13.0 Å². The summed E-state index contributed by atoms with van der Waals surface area (Å²) in [6.45, 7) is 1.90. The molecule has 1 aromatic heterocycles. The summed E-state index contributed by atoms with van der Waals surface area (Å²) in [7, 11) is 3.20. The normalized spacial score (nSPS) is 12.0. The molecule has 2 aromatic rings. The van der Waals surface area contributed by atoms with E-state index in [1.807, 2.05) is 37.3 Å². The predicted molar refractivity (Wildman–Crippen MR) is 89.4 cm³/mol. The SMILES string of the molecule is COc1ccc(OC)c(C(C)NC(=O)/C=C/c2cccnc2)c1. The van der Waals surface area contributed by atoms with E-state index < -0.39 is 0 Å². The second-order valence-corrected chi connectivity index (χ2v) is 4.96. The summed E-state index contributed by atoms with van der Waals surface area (Å²) in [6.07, 6.45) is 6.59. The van der Waals surface area contributed by atoms with Gasteiger partial charge < -0.3 is 14.8 Å². The smallest absolute Gasteiger partial charge is 0.244 e. The van der Waals surface area contributed by atoms with E-state index in [4.69, 9.17) is 9.47 Å². The molecule has 5 heteroatoms. The highest BCUT2D eigenvalue weighted by Gasteiger charge is 2.14. The van der Waals surface area contributed by atoms with E-state index in [1.54, 1.807) is 32.7 Å². The van der Waals surface area contributed by atoms with Gasteiger partial charge in [-0.05, 0) is 42.8 Å². The maximum Gasteiger partial charge on any atom is 0.244 e. The fourth-order valence-electron chi connectivity index (χ4n) is 2.16. The van der Waals surface area contributed by atoms with Gasteiger partial charge in [0.25, 0.3) is 0 Å².